The topological polar surface area (TPSA) is 32.5 Å². The van der Waals surface area contributed by atoms with Gasteiger partial charge in [-0.15, -0.1) is 0 Å². The number of benzene rings is 2. The summed E-state index contributed by atoms with van der Waals surface area (Å²) in [5.74, 6) is 0. The standard InChI is InChI=1S/C17H21N3/c1-19(17-9-5-3-7-15(17)18)12-13-20-11-10-14-6-2-4-8-16(14)20/h2-9H,10-13,18H2,1H3. The normalized spacial score (nSPS) is 13.3. The van der Waals surface area contributed by atoms with Gasteiger partial charge in [-0.1, -0.05) is 30.3 Å². The first kappa shape index (κ1) is 12.9. The summed E-state index contributed by atoms with van der Waals surface area (Å²) in [6.07, 6.45) is 1.16. The Morgan fingerprint density at radius 1 is 1.10 bits per heavy atom. The Balaban J connectivity index is 1.65. The fourth-order valence-electron chi connectivity index (χ4n) is 2.87. The number of anilines is 3. The van der Waals surface area contributed by atoms with Crippen LogP contribution in [0.25, 0.3) is 0 Å². The molecule has 20 heavy (non-hydrogen) atoms. The maximum atomic E-state index is 6.03. The summed E-state index contributed by atoms with van der Waals surface area (Å²) < 4.78 is 0. The van der Waals surface area contributed by atoms with Crippen molar-refractivity contribution in [1.82, 2.24) is 0 Å². The molecule has 3 heteroatoms. The first-order valence-corrected chi connectivity index (χ1v) is 7.14. The molecule has 1 aliphatic heterocycles. The van der Waals surface area contributed by atoms with E-state index in [2.05, 4.69) is 47.2 Å². The summed E-state index contributed by atoms with van der Waals surface area (Å²) in [5.41, 5.74) is 10.8. The van der Waals surface area contributed by atoms with Crippen LogP contribution in [0.1, 0.15) is 5.56 Å². The average Bonchev–Trinajstić information content (AvgIpc) is 2.88. The molecule has 0 saturated carbocycles. The first-order valence-electron chi connectivity index (χ1n) is 7.14. The van der Waals surface area contributed by atoms with Gasteiger partial charge in [0.25, 0.3) is 0 Å². The van der Waals surface area contributed by atoms with Crippen LogP contribution < -0.4 is 15.5 Å². The zero-order valence-electron chi connectivity index (χ0n) is 11.9. The Morgan fingerprint density at radius 2 is 1.85 bits per heavy atom. The minimum absolute atomic E-state index is 0.844. The third kappa shape index (κ3) is 2.44. The maximum absolute atomic E-state index is 6.03. The lowest BCUT2D eigenvalue weighted by Crippen LogP contribution is -2.32. The average molecular weight is 267 g/mol. The third-order valence-corrected chi connectivity index (χ3v) is 4.04. The van der Waals surface area contributed by atoms with Crippen molar-refractivity contribution in [1.29, 1.82) is 0 Å². The van der Waals surface area contributed by atoms with Crippen LogP contribution in [0.4, 0.5) is 17.1 Å². The summed E-state index contributed by atoms with van der Waals surface area (Å²) in [5, 5.41) is 0. The van der Waals surface area contributed by atoms with E-state index < -0.39 is 0 Å². The van der Waals surface area contributed by atoms with Crippen molar-refractivity contribution in [2.45, 2.75) is 6.42 Å². The van der Waals surface area contributed by atoms with Gasteiger partial charge in [-0.2, -0.15) is 0 Å². The predicted octanol–water partition coefficient (Wildman–Crippen LogP) is 2.77. The molecule has 0 radical (unpaired) electrons. The van der Waals surface area contributed by atoms with Crippen LogP contribution in [0.5, 0.6) is 0 Å². The highest BCUT2D eigenvalue weighted by Crippen LogP contribution is 2.27. The highest BCUT2D eigenvalue weighted by molar-refractivity contribution is 5.67. The van der Waals surface area contributed by atoms with Gasteiger partial charge in [-0.25, -0.2) is 0 Å². The molecule has 104 valence electrons. The summed E-state index contributed by atoms with van der Waals surface area (Å²) in [6, 6.07) is 16.7. The van der Waals surface area contributed by atoms with Gasteiger partial charge in [0, 0.05) is 32.4 Å². The van der Waals surface area contributed by atoms with Gasteiger partial charge in [-0.3, -0.25) is 0 Å². The zero-order valence-corrected chi connectivity index (χ0v) is 11.9. The number of nitrogens with zero attached hydrogens (tertiary/aromatic N) is 2. The molecule has 0 spiro atoms. The van der Waals surface area contributed by atoms with Crippen molar-refractivity contribution in [2.75, 3.05) is 42.2 Å². The molecule has 0 unspecified atom stereocenters. The summed E-state index contributed by atoms with van der Waals surface area (Å²) in [7, 11) is 2.10. The molecule has 2 aromatic carbocycles. The maximum Gasteiger partial charge on any atom is 0.0597 e. The van der Waals surface area contributed by atoms with Crippen LogP contribution in [-0.2, 0) is 6.42 Å². The number of rotatable bonds is 4. The molecule has 0 bridgehead atoms. The molecular formula is C17H21N3. The molecule has 0 atom stereocenters. The Labute approximate surface area is 120 Å². The molecule has 1 heterocycles. The number of hydrogen-bond donors (Lipinski definition) is 1. The number of hydrogen-bond acceptors (Lipinski definition) is 3. The smallest absolute Gasteiger partial charge is 0.0597 e. The first-order chi connectivity index (χ1) is 9.75. The van der Waals surface area contributed by atoms with Gasteiger partial charge >= 0.3 is 0 Å². The van der Waals surface area contributed by atoms with Gasteiger partial charge in [0.15, 0.2) is 0 Å². The van der Waals surface area contributed by atoms with Gasteiger partial charge < -0.3 is 15.5 Å². The molecule has 3 nitrogen and oxygen atoms in total. The van der Waals surface area contributed by atoms with E-state index in [-0.39, 0.29) is 0 Å². The number of para-hydroxylation sites is 3. The Bertz CT molecular complexity index is 594. The number of fused-ring (bicyclic) bond motifs is 1. The third-order valence-electron chi connectivity index (χ3n) is 4.04. The van der Waals surface area contributed by atoms with Gasteiger partial charge in [-0.05, 0) is 30.2 Å². The number of nitrogen functional groups attached to an aromatic ring is 1. The van der Waals surface area contributed by atoms with E-state index in [0.29, 0.717) is 0 Å². The minimum atomic E-state index is 0.844. The van der Waals surface area contributed by atoms with E-state index in [4.69, 9.17) is 5.73 Å². The van der Waals surface area contributed by atoms with E-state index >= 15 is 0 Å². The van der Waals surface area contributed by atoms with Crippen LogP contribution in [0.2, 0.25) is 0 Å². The van der Waals surface area contributed by atoms with Crippen LogP contribution in [0, 0.1) is 0 Å². The largest absolute Gasteiger partial charge is 0.397 e. The highest BCUT2D eigenvalue weighted by Gasteiger charge is 2.18. The molecule has 0 fully saturated rings. The van der Waals surface area contributed by atoms with E-state index in [0.717, 1.165) is 37.4 Å². The van der Waals surface area contributed by atoms with Crippen molar-refractivity contribution in [3.05, 3.63) is 54.1 Å². The molecule has 1 aliphatic rings. The quantitative estimate of drug-likeness (QED) is 0.865. The SMILES string of the molecule is CN(CCN1CCc2ccccc21)c1ccccc1N. The lowest BCUT2D eigenvalue weighted by molar-refractivity contribution is 0.790. The van der Waals surface area contributed by atoms with Gasteiger partial charge in [0.2, 0.25) is 0 Å². The molecule has 2 N–H and O–H groups in total. The van der Waals surface area contributed by atoms with Crippen molar-refractivity contribution in [3.63, 3.8) is 0 Å². The predicted molar refractivity (Wildman–Crippen MR) is 86.5 cm³/mol. The molecule has 0 saturated heterocycles. The van der Waals surface area contributed by atoms with Crippen molar-refractivity contribution in [2.24, 2.45) is 0 Å². The number of likely N-dealkylation sites (N-methyl/N-ethyl adjacent to an activating group) is 1. The van der Waals surface area contributed by atoms with Crippen LogP contribution >= 0.6 is 0 Å². The van der Waals surface area contributed by atoms with E-state index in [1.165, 1.54) is 11.3 Å². The summed E-state index contributed by atoms with van der Waals surface area (Å²) >= 11 is 0. The fourth-order valence-corrected chi connectivity index (χ4v) is 2.87. The minimum Gasteiger partial charge on any atom is -0.397 e. The summed E-state index contributed by atoms with van der Waals surface area (Å²) in [6.45, 7) is 3.13. The van der Waals surface area contributed by atoms with Crippen molar-refractivity contribution >= 4 is 17.1 Å². The molecule has 0 amide bonds. The Hall–Kier alpha value is -2.16. The van der Waals surface area contributed by atoms with Gasteiger partial charge in [0.05, 0.1) is 11.4 Å². The fraction of sp³-hybridized carbons (Fsp3) is 0.294. The summed E-state index contributed by atoms with van der Waals surface area (Å²) in [4.78, 5) is 4.70. The van der Waals surface area contributed by atoms with Crippen LogP contribution in [-0.4, -0.2) is 26.7 Å². The molecule has 0 aromatic heterocycles. The number of nitrogens with two attached hydrogens (primary N) is 1. The second-order valence-electron chi connectivity index (χ2n) is 5.35. The lowest BCUT2D eigenvalue weighted by Gasteiger charge is -2.26. The molecule has 3 rings (SSSR count). The van der Waals surface area contributed by atoms with Crippen LogP contribution in [0.3, 0.4) is 0 Å². The van der Waals surface area contributed by atoms with Gasteiger partial charge in [0.1, 0.15) is 0 Å². The van der Waals surface area contributed by atoms with Crippen molar-refractivity contribution < 1.29 is 0 Å². The highest BCUT2D eigenvalue weighted by atomic mass is 15.2. The Morgan fingerprint density at radius 3 is 2.70 bits per heavy atom. The van der Waals surface area contributed by atoms with Crippen LogP contribution in [0.15, 0.2) is 48.5 Å². The van der Waals surface area contributed by atoms with E-state index in [9.17, 15) is 0 Å². The van der Waals surface area contributed by atoms with Crippen molar-refractivity contribution in [3.8, 4) is 0 Å². The molecule has 2 aromatic rings. The zero-order chi connectivity index (χ0) is 13.9. The molecular weight excluding hydrogens is 246 g/mol. The van der Waals surface area contributed by atoms with E-state index in [1.54, 1.807) is 0 Å². The van der Waals surface area contributed by atoms with E-state index in [1.807, 2.05) is 18.2 Å². The Kier molecular flexibility index (Phi) is 3.50. The lowest BCUT2D eigenvalue weighted by atomic mass is 10.2. The molecule has 0 aliphatic carbocycles. The monoisotopic (exact) mass is 267 g/mol. The second-order valence-corrected chi connectivity index (χ2v) is 5.35. The second kappa shape index (κ2) is 5.45.